The van der Waals surface area contributed by atoms with Crippen molar-refractivity contribution in [2.75, 3.05) is 13.1 Å². The second-order valence-electron chi connectivity index (χ2n) is 4.52. The average Bonchev–Trinajstić information content (AvgIpc) is 2.77. The summed E-state index contributed by atoms with van der Waals surface area (Å²) in [6, 6.07) is 1.85. The molecule has 0 aromatic carbocycles. The number of carboxylic acids is 1. The third kappa shape index (κ3) is 2.15. The first-order valence-corrected chi connectivity index (χ1v) is 5.98. The van der Waals surface area contributed by atoms with E-state index in [-0.39, 0.29) is 0 Å². The van der Waals surface area contributed by atoms with E-state index in [2.05, 4.69) is 20.8 Å². The zero-order valence-electron chi connectivity index (χ0n) is 9.07. The Labute approximate surface area is 102 Å². The average molecular weight is 288 g/mol. The topological polar surface area (TPSA) is 53.7 Å². The van der Waals surface area contributed by atoms with Crippen LogP contribution in [0.5, 0.6) is 0 Å². The van der Waals surface area contributed by atoms with E-state index < -0.39 is 11.4 Å². The van der Waals surface area contributed by atoms with Gasteiger partial charge in [-0.1, -0.05) is 0 Å². The summed E-state index contributed by atoms with van der Waals surface area (Å²) in [7, 11) is 0. The minimum Gasteiger partial charge on any atom is -0.481 e. The summed E-state index contributed by atoms with van der Waals surface area (Å²) in [5.74, 6) is 0.142. The fourth-order valence-electron chi connectivity index (χ4n) is 2.01. The Kier molecular flexibility index (Phi) is 3.08. The lowest BCUT2D eigenvalue weighted by Gasteiger charge is -2.19. The third-order valence-corrected chi connectivity index (χ3v) is 3.83. The number of furan rings is 1. The van der Waals surface area contributed by atoms with E-state index in [9.17, 15) is 4.79 Å². The van der Waals surface area contributed by atoms with Gasteiger partial charge in [0.15, 0.2) is 0 Å². The van der Waals surface area contributed by atoms with Gasteiger partial charge in [-0.05, 0) is 41.9 Å². The van der Waals surface area contributed by atoms with Crippen LogP contribution in [0.3, 0.4) is 0 Å². The molecular formula is C11H14BrNO3. The summed E-state index contributed by atoms with van der Waals surface area (Å²) in [5.41, 5.74) is -0.612. The summed E-state index contributed by atoms with van der Waals surface area (Å²) in [6.07, 6.45) is 2.33. The van der Waals surface area contributed by atoms with Crippen LogP contribution in [0.2, 0.25) is 0 Å². The molecule has 2 heterocycles. The highest BCUT2D eigenvalue weighted by Crippen LogP contribution is 2.32. The lowest BCUT2D eigenvalue weighted by Crippen LogP contribution is -2.31. The SMILES string of the molecule is CC1(C(=O)O)CCN(Cc2occc2Br)C1. The maximum atomic E-state index is 11.1. The Balaban J connectivity index is 2.00. The summed E-state index contributed by atoms with van der Waals surface area (Å²) >= 11 is 3.39. The number of carboxylic acid groups (broad SMARTS) is 1. The normalized spacial score (nSPS) is 26.1. The molecule has 88 valence electrons. The molecule has 16 heavy (non-hydrogen) atoms. The lowest BCUT2D eigenvalue weighted by atomic mass is 9.90. The molecule has 1 aliphatic rings. The van der Waals surface area contributed by atoms with Crippen molar-refractivity contribution in [2.45, 2.75) is 19.9 Å². The second-order valence-corrected chi connectivity index (χ2v) is 5.37. The first-order valence-electron chi connectivity index (χ1n) is 5.19. The third-order valence-electron chi connectivity index (χ3n) is 3.13. The highest BCUT2D eigenvalue weighted by molar-refractivity contribution is 9.10. The second kappa shape index (κ2) is 4.22. The number of nitrogens with zero attached hydrogens (tertiary/aromatic N) is 1. The van der Waals surface area contributed by atoms with Crippen LogP contribution in [0.15, 0.2) is 21.2 Å². The van der Waals surface area contributed by atoms with Crippen LogP contribution in [0.4, 0.5) is 0 Å². The summed E-state index contributed by atoms with van der Waals surface area (Å²) in [5, 5.41) is 9.11. The number of hydrogen-bond donors (Lipinski definition) is 1. The summed E-state index contributed by atoms with van der Waals surface area (Å²) < 4.78 is 6.26. The van der Waals surface area contributed by atoms with Crippen molar-refractivity contribution in [3.63, 3.8) is 0 Å². The van der Waals surface area contributed by atoms with E-state index in [1.807, 2.05) is 6.07 Å². The standard InChI is InChI=1S/C11H14BrNO3/c1-11(10(14)15)3-4-13(7-11)6-9-8(12)2-5-16-9/h2,5H,3-4,6-7H2,1H3,(H,14,15). The number of halogens is 1. The van der Waals surface area contributed by atoms with Gasteiger partial charge >= 0.3 is 5.97 Å². The molecule has 1 aliphatic heterocycles. The Morgan fingerprint density at radius 2 is 2.50 bits per heavy atom. The smallest absolute Gasteiger partial charge is 0.310 e. The predicted octanol–water partition coefficient (Wildman–Crippen LogP) is 2.34. The molecule has 1 saturated heterocycles. The number of aliphatic carboxylic acids is 1. The van der Waals surface area contributed by atoms with Gasteiger partial charge in [0.05, 0.1) is 22.7 Å². The maximum absolute atomic E-state index is 11.1. The van der Waals surface area contributed by atoms with Crippen LogP contribution in [0.1, 0.15) is 19.1 Å². The predicted molar refractivity (Wildman–Crippen MR) is 62.0 cm³/mol. The highest BCUT2D eigenvalue weighted by atomic mass is 79.9. The largest absolute Gasteiger partial charge is 0.481 e. The van der Waals surface area contributed by atoms with Crippen LogP contribution in [0.25, 0.3) is 0 Å². The number of carbonyl (C=O) groups is 1. The van der Waals surface area contributed by atoms with Gasteiger partial charge in [0.1, 0.15) is 5.76 Å². The monoisotopic (exact) mass is 287 g/mol. The maximum Gasteiger partial charge on any atom is 0.310 e. The van der Waals surface area contributed by atoms with E-state index in [4.69, 9.17) is 9.52 Å². The molecular weight excluding hydrogens is 274 g/mol. The minimum atomic E-state index is -0.714. The van der Waals surface area contributed by atoms with Gasteiger partial charge in [-0.25, -0.2) is 0 Å². The molecule has 1 atom stereocenters. The molecule has 2 rings (SSSR count). The number of hydrogen-bond acceptors (Lipinski definition) is 3. The molecule has 4 nitrogen and oxygen atoms in total. The minimum absolute atomic E-state index is 0.579. The van der Waals surface area contributed by atoms with Gasteiger partial charge in [-0.3, -0.25) is 9.69 Å². The van der Waals surface area contributed by atoms with E-state index >= 15 is 0 Å². The highest BCUT2D eigenvalue weighted by Gasteiger charge is 2.40. The van der Waals surface area contributed by atoms with Crippen LogP contribution >= 0.6 is 15.9 Å². The van der Waals surface area contributed by atoms with E-state index in [0.29, 0.717) is 19.5 Å². The van der Waals surface area contributed by atoms with Crippen molar-refractivity contribution in [3.05, 3.63) is 22.6 Å². The molecule has 0 aliphatic carbocycles. The zero-order chi connectivity index (χ0) is 11.8. The van der Waals surface area contributed by atoms with Crippen LogP contribution in [0, 0.1) is 5.41 Å². The molecule has 1 fully saturated rings. The van der Waals surface area contributed by atoms with Crippen molar-refractivity contribution >= 4 is 21.9 Å². The Morgan fingerprint density at radius 1 is 1.75 bits per heavy atom. The molecule has 0 saturated carbocycles. The molecule has 5 heteroatoms. The van der Waals surface area contributed by atoms with Crippen molar-refractivity contribution in [3.8, 4) is 0 Å². The van der Waals surface area contributed by atoms with Gasteiger partial charge in [0.25, 0.3) is 0 Å². The number of likely N-dealkylation sites (tertiary alicyclic amines) is 1. The van der Waals surface area contributed by atoms with Crippen molar-refractivity contribution in [1.82, 2.24) is 4.90 Å². The molecule has 1 aromatic rings. The fraction of sp³-hybridized carbons (Fsp3) is 0.545. The van der Waals surface area contributed by atoms with Crippen LogP contribution < -0.4 is 0 Å². The van der Waals surface area contributed by atoms with Gasteiger partial charge in [-0.15, -0.1) is 0 Å². The van der Waals surface area contributed by atoms with Gasteiger partial charge in [0, 0.05) is 6.54 Å². The van der Waals surface area contributed by atoms with Crippen molar-refractivity contribution in [1.29, 1.82) is 0 Å². The van der Waals surface area contributed by atoms with Gasteiger partial charge < -0.3 is 9.52 Å². The summed E-state index contributed by atoms with van der Waals surface area (Å²) in [4.78, 5) is 13.2. The zero-order valence-corrected chi connectivity index (χ0v) is 10.7. The molecule has 1 unspecified atom stereocenters. The Hall–Kier alpha value is -0.810. The molecule has 0 bridgehead atoms. The quantitative estimate of drug-likeness (QED) is 0.927. The Morgan fingerprint density at radius 3 is 3.00 bits per heavy atom. The van der Waals surface area contributed by atoms with Crippen molar-refractivity contribution in [2.24, 2.45) is 5.41 Å². The molecule has 1 N–H and O–H groups in total. The van der Waals surface area contributed by atoms with Crippen molar-refractivity contribution < 1.29 is 14.3 Å². The van der Waals surface area contributed by atoms with Gasteiger partial charge in [0.2, 0.25) is 0 Å². The summed E-state index contributed by atoms with van der Waals surface area (Å²) in [6.45, 7) is 3.84. The lowest BCUT2D eigenvalue weighted by molar-refractivity contribution is -0.147. The van der Waals surface area contributed by atoms with E-state index in [0.717, 1.165) is 16.8 Å². The first-order chi connectivity index (χ1) is 7.51. The van der Waals surface area contributed by atoms with Crippen LogP contribution in [-0.4, -0.2) is 29.1 Å². The fourth-order valence-corrected chi connectivity index (χ4v) is 2.33. The molecule has 0 amide bonds. The Bertz CT molecular complexity index is 404. The molecule has 0 spiro atoms. The molecule has 0 radical (unpaired) electrons. The van der Waals surface area contributed by atoms with Crippen LogP contribution in [-0.2, 0) is 11.3 Å². The van der Waals surface area contributed by atoms with E-state index in [1.54, 1.807) is 13.2 Å². The number of rotatable bonds is 3. The van der Waals surface area contributed by atoms with Gasteiger partial charge in [-0.2, -0.15) is 0 Å². The molecule has 1 aromatic heterocycles. The first kappa shape index (κ1) is 11.7. The van der Waals surface area contributed by atoms with E-state index in [1.165, 1.54) is 0 Å².